The van der Waals surface area contributed by atoms with Gasteiger partial charge in [0, 0.05) is 22.3 Å². The molecule has 3 N–H and O–H groups in total. The highest BCUT2D eigenvalue weighted by Gasteiger charge is 2.14. The Labute approximate surface area is 132 Å². The van der Waals surface area contributed by atoms with Crippen molar-refractivity contribution in [3.8, 4) is 0 Å². The van der Waals surface area contributed by atoms with Crippen LogP contribution >= 0.6 is 11.6 Å². The second-order valence-corrected chi connectivity index (χ2v) is 6.81. The van der Waals surface area contributed by atoms with Crippen molar-refractivity contribution in [3.63, 3.8) is 0 Å². The van der Waals surface area contributed by atoms with Gasteiger partial charge in [-0.2, -0.15) is 0 Å². The van der Waals surface area contributed by atoms with E-state index >= 15 is 0 Å². The largest absolute Gasteiger partial charge is 0.383 e. The van der Waals surface area contributed by atoms with E-state index in [1.165, 1.54) is 24.3 Å². The lowest BCUT2D eigenvalue weighted by Gasteiger charge is -2.09. The average Bonchev–Trinajstić information content (AvgIpc) is 2.47. The predicted molar refractivity (Wildman–Crippen MR) is 88.4 cm³/mol. The number of sulfonamides is 1. The van der Waals surface area contributed by atoms with Crippen LogP contribution < -0.4 is 10.5 Å². The molecule has 0 saturated heterocycles. The molecule has 0 fully saturated rings. The number of halogens is 1. The molecule has 1 aromatic heterocycles. The molecule has 0 aliphatic rings. The van der Waals surface area contributed by atoms with Crippen molar-refractivity contribution in [1.29, 1.82) is 0 Å². The summed E-state index contributed by atoms with van der Waals surface area (Å²) < 4.78 is 27.2. The van der Waals surface area contributed by atoms with E-state index in [0.717, 1.165) is 10.8 Å². The first kappa shape index (κ1) is 14.6. The first-order valence-electron chi connectivity index (χ1n) is 6.38. The molecule has 7 heteroatoms. The van der Waals surface area contributed by atoms with E-state index in [0.29, 0.717) is 16.5 Å². The summed E-state index contributed by atoms with van der Waals surface area (Å²) in [5.74, 6) is 0.407. The Morgan fingerprint density at radius 3 is 2.50 bits per heavy atom. The van der Waals surface area contributed by atoms with Crippen molar-refractivity contribution in [3.05, 3.63) is 59.8 Å². The molecular formula is C15H12ClN3O2S. The Kier molecular flexibility index (Phi) is 3.64. The SMILES string of the molecule is Nc1nccc2cc(NS(=O)(=O)c3ccc(Cl)cc3)ccc12. The molecule has 0 atom stereocenters. The summed E-state index contributed by atoms with van der Waals surface area (Å²) in [6.07, 6.45) is 1.58. The van der Waals surface area contributed by atoms with E-state index in [1.54, 1.807) is 30.5 Å². The van der Waals surface area contributed by atoms with Crippen molar-refractivity contribution in [2.45, 2.75) is 4.90 Å². The Balaban J connectivity index is 1.97. The average molecular weight is 334 g/mol. The number of rotatable bonds is 3. The highest BCUT2D eigenvalue weighted by atomic mass is 35.5. The van der Waals surface area contributed by atoms with Gasteiger partial charge >= 0.3 is 0 Å². The number of aromatic nitrogens is 1. The molecule has 5 nitrogen and oxygen atoms in total. The lowest BCUT2D eigenvalue weighted by atomic mass is 10.1. The van der Waals surface area contributed by atoms with Gasteiger partial charge in [-0.3, -0.25) is 4.72 Å². The van der Waals surface area contributed by atoms with Gasteiger partial charge in [0.05, 0.1) is 4.90 Å². The standard InChI is InChI=1S/C15H12ClN3O2S/c16-11-1-4-13(5-2-11)22(20,21)19-12-3-6-14-10(9-12)7-8-18-15(14)17/h1-9,19H,(H2,17,18). The van der Waals surface area contributed by atoms with Crippen LogP contribution in [-0.4, -0.2) is 13.4 Å². The zero-order chi connectivity index (χ0) is 15.7. The Bertz CT molecular complexity index is 941. The zero-order valence-electron chi connectivity index (χ0n) is 11.3. The van der Waals surface area contributed by atoms with Crippen LogP contribution in [0.2, 0.25) is 5.02 Å². The minimum absolute atomic E-state index is 0.145. The van der Waals surface area contributed by atoms with Crippen LogP contribution in [0.1, 0.15) is 0 Å². The molecule has 3 aromatic rings. The third-order valence-electron chi connectivity index (χ3n) is 3.17. The van der Waals surface area contributed by atoms with E-state index in [4.69, 9.17) is 17.3 Å². The Morgan fingerprint density at radius 1 is 1.05 bits per heavy atom. The van der Waals surface area contributed by atoms with Crippen LogP contribution in [0.25, 0.3) is 10.8 Å². The van der Waals surface area contributed by atoms with Crippen LogP contribution in [0.3, 0.4) is 0 Å². The predicted octanol–water partition coefficient (Wildman–Crippen LogP) is 3.27. The third kappa shape index (κ3) is 2.84. The highest BCUT2D eigenvalue weighted by Crippen LogP contribution is 2.24. The molecule has 0 saturated carbocycles. The van der Waals surface area contributed by atoms with Crippen molar-refractivity contribution < 1.29 is 8.42 Å². The van der Waals surface area contributed by atoms with Crippen LogP contribution in [0.5, 0.6) is 0 Å². The monoisotopic (exact) mass is 333 g/mol. The zero-order valence-corrected chi connectivity index (χ0v) is 12.9. The molecule has 1 heterocycles. The van der Waals surface area contributed by atoms with Gasteiger partial charge in [0.15, 0.2) is 0 Å². The highest BCUT2D eigenvalue weighted by molar-refractivity contribution is 7.92. The summed E-state index contributed by atoms with van der Waals surface area (Å²) in [7, 11) is -3.66. The molecule has 0 amide bonds. The van der Waals surface area contributed by atoms with E-state index in [2.05, 4.69) is 9.71 Å². The lowest BCUT2D eigenvalue weighted by molar-refractivity contribution is 0.601. The fraction of sp³-hybridized carbons (Fsp3) is 0. The summed E-state index contributed by atoms with van der Waals surface area (Å²) in [6, 6.07) is 12.8. The van der Waals surface area contributed by atoms with E-state index < -0.39 is 10.0 Å². The first-order valence-corrected chi connectivity index (χ1v) is 8.24. The van der Waals surface area contributed by atoms with Gasteiger partial charge in [0.25, 0.3) is 10.0 Å². The molecule has 2 aromatic carbocycles. The molecule has 0 aliphatic heterocycles. The smallest absolute Gasteiger partial charge is 0.261 e. The molecule has 0 unspecified atom stereocenters. The van der Waals surface area contributed by atoms with Gasteiger partial charge < -0.3 is 5.73 Å². The van der Waals surface area contributed by atoms with Gasteiger partial charge in [0.1, 0.15) is 5.82 Å². The minimum Gasteiger partial charge on any atom is -0.383 e. The third-order valence-corrected chi connectivity index (χ3v) is 4.82. The number of nitrogens with two attached hydrogens (primary N) is 1. The summed E-state index contributed by atoms with van der Waals surface area (Å²) in [5.41, 5.74) is 6.23. The van der Waals surface area contributed by atoms with Gasteiger partial charge in [-0.25, -0.2) is 13.4 Å². The molecule has 112 valence electrons. The number of nitrogens with zero attached hydrogens (tertiary/aromatic N) is 1. The number of hydrogen-bond acceptors (Lipinski definition) is 4. The Hall–Kier alpha value is -2.31. The number of pyridine rings is 1. The fourth-order valence-corrected chi connectivity index (χ4v) is 3.27. The van der Waals surface area contributed by atoms with Crippen molar-refractivity contribution >= 4 is 43.9 Å². The minimum atomic E-state index is -3.66. The quantitative estimate of drug-likeness (QED) is 0.770. The van der Waals surface area contributed by atoms with E-state index in [1.807, 2.05) is 0 Å². The number of nitrogens with one attached hydrogen (secondary N) is 1. The normalized spacial score (nSPS) is 11.5. The molecule has 0 radical (unpaired) electrons. The summed E-state index contributed by atoms with van der Waals surface area (Å²) in [5, 5.41) is 2.06. The van der Waals surface area contributed by atoms with Crippen molar-refractivity contribution in [2.75, 3.05) is 10.5 Å². The first-order chi connectivity index (χ1) is 10.5. The number of fused-ring (bicyclic) bond motifs is 1. The van der Waals surface area contributed by atoms with E-state index in [9.17, 15) is 8.42 Å². The van der Waals surface area contributed by atoms with Crippen molar-refractivity contribution in [1.82, 2.24) is 4.98 Å². The number of anilines is 2. The van der Waals surface area contributed by atoms with E-state index in [-0.39, 0.29) is 4.90 Å². The van der Waals surface area contributed by atoms with Gasteiger partial charge in [-0.1, -0.05) is 11.6 Å². The molecule has 3 rings (SSSR count). The summed E-state index contributed by atoms with van der Waals surface area (Å²) in [4.78, 5) is 4.14. The summed E-state index contributed by atoms with van der Waals surface area (Å²) in [6.45, 7) is 0. The number of hydrogen-bond donors (Lipinski definition) is 2. The number of nitrogen functional groups attached to an aromatic ring is 1. The van der Waals surface area contributed by atoms with Gasteiger partial charge in [-0.05, 0) is 53.9 Å². The molecular weight excluding hydrogens is 322 g/mol. The van der Waals surface area contributed by atoms with Gasteiger partial charge in [0.2, 0.25) is 0 Å². The maximum Gasteiger partial charge on any atom is 0.261 e. The number of benzene rings is 2. The van der Waals surface area contributed by atoms with Crippen LogP contribution in [0.15, 0.2) is 59.6 Å². The van der Waals surface area contributed by atoms with Crippen LogP contribution in [0, 0.1) is 0 Å². The topological polar surface area (TPSA) is 85.1 Å². The molecule has 0 spiro atoms. The maximum absolute atomic E-state index is 12.3. The van der Waals surface area contributed by atoms with Gasteiger partial charge in [-0.15, -0.1) is 0 Å². The lowest BCUT2D eigenvalue weighted by Crippen LogP contribution is -2.12. The van der Waals surface area contributed by atoms with Crippen LogP contribution in [-0.2, 0) is 10.0 Å². The van der Waals surface area contributed by atoms with Crippen molar-refractivity contribution in [2.24, 2.45) is 0 Å². The molecule has 22 heavy (non-hydrogen) atoms. The fourth-order valence-electron chi connectivity index (χ4n) is 2.09. The Morgan fingerprint density at radius 2 is 1.77 bits per heavy atom. The molecule has 0 aliphatic carbocycles. The maximum atomic E-state index is 12.3. The van der Waals surface area contributed by atoms with Crippen LogP contribution in [0.4, 0.5) is 11.5 Å². The second kappa shape index (κ2) is 5.47. The molecule has 0 bridgehead atoms. The second-order valence-electron chi connectivity index (χ2n) is 4.69. The summed E-state index contributed by atoms with van der Waals surface area (Å²) >= 11 is 5.77.